The summed E-state index contributed by atoms with van der Waals surface area (Å²) in [7, 11) is 1.63. The van der Waals surface area contributed by atoms with Gasteiger partial charge in [0.2, 0.25) is 0 Å². The van der Waals surface area contributed by atoms with Crippen LogP contribution in [0.2, 0.25) is 0 Å². The van der Waals surface area contributed by atoms with Crippen LogP contribution in [0.25, 0.3) is 0 Å². The van der Waals surface area contributed by atoms with Crippen LogP contribution in [0.3, 0.4) is 0 Å². The molecule has 0 saturated carbocycles. The predicted octanol–water partition coefficient (Wildman–Crippen LogP) is -0.638. The Morgan fingerprint density at radius 3 is 2.89 bits per heavy atom. The van der Waals surface area contributed by atoms with Crippen molar-refractivity contribution < 1.29 is 0 Å². The van der Waals surface area contributed by atoms with Gasteiger partial charge in [-0.25, -0.2) is 4.98 Å². The van der Waals surface area contributed by atoms with Gasteiger partial charge in [-0.05, 0) is 0 Å². The zero-order valence-electron chi connectivity index (χ0n) is 5.03. The molecule has 1 rings (SSSR count). The quantitative estimate of drug-likeness (QED) is 0.501. The number of hydrogen-bond acceptors (Lipinski definition) is 3. The first-order valence-electron chi connectivity index (χ1n) is 2.48. The van der Waals surface area contributed by atoms with Gasteiger partial charge in [0.1, 0.15) is 5.82 Å². The van der Waals surface area contributed by atoms with Crippen molar-refractivity contribution in [3.63, 3.8) is 0 Å². The second-order valence-electron chi connectivity index (χ2n) is 1.76. The molecule has 4 nitrogen and oxygen atoms in total. The van der Waals surface area contributed by atoms with E-state index in [2.05, 4.69) is 4.98 Å². The number of nitrogen functional groups attached to an aromatic ring is 1. The molecule has 0 aliphatic heterocycles. The molecule has 1 aromatic heterocycles. The number of aryl methyl sites for hydroxylation is 1. The maximum atomic E-state index is 10.6. The van der Waals surface area contributed by atoms with Crippen LogP contribution in [0.15, 0.2) is 17.2 Å². The molecule has 48 valence electrons. The first kappa shape index (κ1) is 5.81. The monoisotopic (exact) mass is 125 g/mol. The van der Waals surface area contributed by atoms with Crippen LogP contribution in [-0.2, 0) is 7.05 Å². The van der Waals surface area contributed by atoms with Gasteiger partial charge < -0.3 is 10.3 Å². The minimum Gasteiger partial charge on any atom is -0.382 e. The minimum absolute atomic E-state index is 0.149. The van der Waals surface area contributed by atoms with Crippen LogP contribution < -0.4 is 11.3 Å². The summed E-state index contributed by atoms with van der Waals surface area (Å²) in [6.45, 7) is 0. The molecule has 2 N–H and O–H groups in total. The highest BCUT2D eigenvalue weighted by molar-refractivity contribution is 5.21. The third-order valence-corrected chi connectivity index (χ3v) is 0.998. The number of hydrogen-bond donors (Lipinski definition) is 1. The maximum absolute atomic E-state index is 10.6. The van der Waals surface area contributed by atoms with Crippen LogP contribution in [0.4, 0.5) is 5.82 Å². The molecule has 0 fully saturated rings. The highest BCUT2D eigenvalue weighted by Crippen LogP contribution is 1.85. The predicted molar refractivity (Wildman–Crippen MR) is 33.9 cm³/mol. The van der Waals surface area contributed by atoms with Crippen molar-refractivity contribution in [1.82, 2.24) is 9.55 Å². The van der Waals surface area contributed by atoms with E-state index in [-0.39, 0.29) is 5.56 Å². The molecule has 4 heteroatoms. The van der Waals surface area contributed by atoms with E-state index in [0.717, 1.165) is 0 Å². The number of nitrogens with two attached hydrogens (primary N) is 1. The van der Waals surface area contributed by atoms with Gasteiger partial charge in [0.15, 0.2) is 0 Å². The Balaban J connectivity index is 3.34. The second kappa shape index (κ2) is 1.89. The Bertz CT molecular complexity index is 265. The highest BCUT2D eigenvalue weighted by atomic mass is 16.1. The third kappa shape index (κ3) is 1.07. The van der Waals surface area contributed by atoms with Crippen LogP contribution in [0.5, 0.6) is 0 Å². The van der Waals surface area contributed by atoms with E-state index in [1.54, 1.807) is 7.05 Å². The second-order valence-corrected chi connectivity index (χ2v) is 1.76. The van der Waals surface area contributed by atoms with E-state index in [4.69, 9.17) is 5.73 Å². The van der Waals surface area contributed by atoms with Crippen LogP contribution in [0.1, 0.15) is 0 Å². The average molecular weight is 125 g/mol. The van der Waals surface area contributed by atoms with Crippen molar-refractivity contribution in [3.05, 3.63) is 22.7 Å². The molecule has 1 heterocycles. The van der Waals surface area contributed by atoms with Gasteiger partial charge in [-0.2, -0.15) is 0 Å². The number of nitrogens with zero attached hydrogens (tertiary/aromatic N) is 2. The summed E-state index contributed by atoms with van der Waals surface area (Å²) in [6.07, 6.45) is 2.66. The Morgan fingerprint density at radius 1 is 1.78 bits per heavy atom. The van der Waals surface area contributed by atoms with Crippen molar-refractivity contribution in [2.45, 2.75) is 0 Å². The molecule has 0 aromatic carbocycles. The summed E-state index contributed by atoms with van der Waals surface area (Å²) in [4.78, 5) is 14.2. The van der Waals surface area contributed by atoms with Crippen molar-refractivity contribution in [3.8, 4) is 0 Å². The molecule has 0 unspecified atom stereocenters. The first-order chi connectivity index (χ1) is 4.20. The summed E-state index contributed by atoms with van der Waals surface area (Å²) in [5, 5.41) is 0. The van der Waals surface area contributed by atoms with E-state index >= 15 is 0 Å². The fraction of sp³-hybridized carbons (Fsp3) is 0.200. The van der Waals surface area contributed by atoms with Crippen molar-refractivity contribution in [2.24, 2.45) is 7.05 Å². The van der Waals surface area contributed by atoms with Gasteiger partial charge in [0, 0.05) is 13.2 Å². The molecule has 1 aromatic rings. The number of rotatable bonds is 0. The molecule has 0 aliphatic carbocycles. The molecule has 0 bridgehead atoms. The fourth-order valence-corrected chi connectivity index (χ4v) is 0.516. The van der Waals surface area contributed by atoms with E-state index in [0.29, 0.717) is 5.82 Å². The standard InChI is InChI=1S/C5H7N3O/c1-8-3-4(6)7-2-5(8)9/h2-3H,6H2,1H3. The first-order valence-corrected chi connectivity index (χ1v) is 2.48. The zero-order valence-corrected chi connectivity index (χ0v) is 5.03. The lowest BCUT2D eigenvalue weighted by Crippen LogP contribution is -2.16. The summed E-state index contributed by atoms with van der Waals surface area (Å²) < 4.78 is 1.38. The van der Waals surface area contributed by atoms with Crippen LogP contribution in [0, 0.1) is 0 Å². The van der Waals surface area contributed by atoms with Crippen molar-refractivity contribution in [2.75, 3.05) is 5.73 Å². The van der Waals surface area contributed by atoms with Crippen molar-refractivity contribution >= 4 is 5.82 Å². The Kier molecular flexibility index (Phi) is 1.22. The molecular weight excluding hydrogens is 118 g/mol. The van der Waals surface area contributed by atoms with E-state index in [1.165, 1.54) is 17.0 Å². The average Bonchev–Trinajstić information content (AvgIpc) is 1.80. The third-order valence-electron chi connectivity index (χ3n) is 0.998. The Morgan fingerprint density at radius 2 is 2.44 bits per heavy atom. The summed E-state index contributed by atoms with van der Waals surface area (Å²) in [5.41, 5.74) is 5.11. The largest absolute Gasteiger partial charge is 0.382 e. The van der Waals surface area contributed by atoms with E-state index < -0.39 is 0 Å². The number of aromatic nitrogens is 2. The Labute approximate surface area is 51.9 Å². The van der Waals surface area contributed by atoms with Gasteiger partial charge in [-0.15, -0.1) is 0 Å². The van der Waals surface area contributed by atoms with E-state index in [9.17, 15) is 4.79 Å². The summed E-state index contributed by atoms with van der Waals surface area (Å²) in [6, 6.07) is 0. The SMILES string of the molecule is Cn1cc(N)ncc1=O. The molecule has 0 amide bonds. The fourth-order valence-electron chi connectivity index (χ4n) is 0.516. The molecule has 0 radical (unpaired) electrons. The van der Waals surface area contributed by atoms with Gasteiger partial charge in [0.25, 0.3) is 5.56 Å². The smallest absolute Gasteiger partial charge is 0.268 e. The maximum Gasteiger partial charge on any atom is 0.268 e. The van der Waals surface area contributed by atoms with Gasteiger partial charge >= 0.3 is 0 Å². The molecule has 0 saturated heterocycles. The van der Waals surface area contributed by atoms with Gasteiger partial charge in [0.05, 0.1) is 6.20 Å². The van der Waals surface area contributed by atoms with Gasteiger partial charge in [-0.1, -0.05) is 0 Å². The normalized spacial score (nSPS) is 9.44. The molecule has 0 spiro atoms. The lowest BCUT2D eigenvalue weighted by Gasteiger charge is -1.94. The molecule has 9 heavy (non-hydrogen) atoms. The lowest BCUT2D eigenvalue weighted by molar-refractivity contribution is 0.845. The van der Waals surface area contributed by atoms with Crippen LogP contribution >= 0.6 is 0 Å². The van der Waals surface area contributed by atoms with Crippen LogP contribution in [-0.4, -0.2) is 9.55 Å². The summed E-state index contributed by atoms with van der Waals surface area (Å²) >= 11 is 0. The number of anilines is 1. The van der Waals surface area contributed by atoms with Crippen molar-refractivity contribution in [1.29, 1.82) is 0 Å². The minimum atomic E-state index is -0.149. The highest BCUT2D eigenvalue weighted by Gasteiger charge is 1.88. The molecule has 0 aliphatic rings. The Hall–Kier alpha value is -1.32. The lowest BCUT2D eigenvalue weighted by atomic mass is 10.6. The molecular formula is C5H7N3O. The topological polar surface area (TPSA) is 60.9 Å². The zero-order chi connectivity index (χ0) is 6.85. The van der Waals surface area contributed by atoms with Gasteiger partial charge in [-0.3, -0.25) is 4.79 Å². The summed E-state index contributed by atoms with van der Waals surface area (Å²) in [5.74, 6) is 0.358. The molecule has 0 atom stereocenters. The van der Waals surface area contributed by atoms with E-state index in [1.807, 2.05) is 0 Å².